The number of hydrogen-bond donors (Lipinski definition) is 0. The van der Waals surface area contributed by atoms with Crippen molar-refractivity contribution in [3.8, 4) is 11.1 Å². The SMILES string of the molecule is Cc1cccc(C)c1-c1ccc2c(c1)B1c3sc4cc5c(cc4c3N(c3ccc4c(c3)C(C)(C)CCC4(C)C)c3cc(N(c4ccccc4)c4ccccc4)cc(c31)N2c1cc(C(C)(C)C)cc(C(C)(C)C)c1)C(C)(C)CCC5(C)C. The normalized spacial score (nSPS) is 17.3. The Morgan fingerprint density at radius 1 is 0.457 bits per heavy atom. The van der Waals surface area contributed by atoms with Gasteiger partial charge in [0.1, 0.15) is 0 Å². The molecule has 5 heteroatoms. The Morgan fingerprint density at radius 2 is 0.975 bits per heavy atom. The van der Waals surface area contributed by atoms with Crippen molar-refractivity contribution in [1.82, 2.24) is 0 Å². The average molecular weight is 1080 g/mol. The number of hydrogen-bond acceptors (Lipinski definition) is 4. The first kappa shape index (κ1) is 53.5. The molecule has 4 aliphatic rings. The van der Waals surface area contributed by atoms with Crippen LogP contribution in [0, 0.1) is 13.8 Å². The number of fused-ring (bicyclic) bond motifs is 8. The monoisotopic (exact) mass is 1080 g/mol. The molecule has 0 atom stereocenters. The minimum Gasteiger partial charge on any atom is -0.311 e. The maximum Gasteiger partial charge on any atom is 0.264 e. The molecule has 3 heterocycles. The van der Waals surface area contributed by atoms with Crippen molar-refractivity contribution >= 4 is 95.0 Å². The lowest BCUT2D eigenvalue weighted by molar-refractivity contribution is 0.332. The molecule has 0 unspecified atom stereocenters. The lowest BCUT2D eigenvalue weighted by Gasteiger charge is -2.46. The summed E-state index contributed by atoms with van der Waals surface area (Å²) >= 11 is 2.05. The van der Waals surface area contributed by atoms with Crippen LogP contribution in [0.3, 0.4) is 0 Å². The Balaban J connectivity index is 1.22. The standard InChI is InChI=1S/C76H82BN3S/c1-47-24-23-25-48(2)67(47)49-30-33-63-62(38-49)77-68-64(79(63)55-40-50(71(3,4)5)39-51(41-55)72(6,7)8)43-56(78(52-26-19-17-20-27-52)53-28-21-18-22-29-53)44-65(68)80(54-31-32-58-59(42-54)74(11,12)35-34-73(58,9)10)69-57-45-60-61(46-66(57)81-70(69)77)76(15,16)37-36-75(60,13)14/h17-33,38-46H,34-37H2,1-16H3. The van der Waals surface area contributed by atoms with E-state index in [1.54, 1.807) is 0 Å². The number of nitrogens with zero attached hydrogens (tertiary/aromatic N) is 3. The van der Waals surface area contributed by atoms with Crippen LogP contribution in [0.5, 0.6) is 0 Å². The molecule has 2 aliphatic carbocycles. The van der Waals surface area contributed by atoms with E-state index >= 15 is 0 Å². The van der Waals surface area contributed by atoms with Crippen LogP contribution in [0.25, 0.3) is 21.2 Å². The highest BCUT2D eigenvalue weighted by Gasteiger charge is 2.48. The number of thiophene rings is 1. The molecular weight excluding hydrogens is 998 g/mol. The first-order valence-electron chi connectivity index (χ1n) is 30.0. The van der Waals surface area contributed by atoms with E-state index in [4.69, 9.17) is 0 Å². The van der Waals surface area contributed by atoms with E-state index in [1.165, 1.54) is 128 Å². The number of benzene rings is 8. The van der Waals surface area contributed by atoms with Crippen molar-refractivity contribution in [3.63, 3.8) is 0 Å². The second kappa shape index (κ2) is 18.3. The molecule has 0 saturated heterocycles. The minimum atomic E-state index is -0.0953. The molecule has 0 saturated carbocycles. The van der Waals surface area contributed by atoms with Gasteiger partial charge < -0.3 is 14.7 Å². The van der Waals surface area contributed by atoms with Crippen molar-refractivity contribution in [1.29, 1.82) is 0 Å². The number of anilines is 9. The Morgan fingerprint density at radius 3 is 1.53 bits per heavy atom. The van der Waals surface area contributed by atoms with Crippen LogP contribution in [-0.2, 0) is 32.5 Å². The highest BCUT2D eigenvalue weighted by Crippen LogP contribution is 2.56. The molecule has 2 aliphatic heterocycles. The summed E-state index contributed by atoms with van der Waals surface area (Å²) in [5.41, 5.74) is 27.3. The van der Waals surface area contributed by atoms with Gasteiger partial charge in [0.25, 0.3) is 6.71 Å². The van der Waals surface area contributed by atoms with E-state index in [1.807, 2.05) is 0 Å². The Bertz CT molecular complexity index is 3920. The smallest absolute Gasteiger partial charge is 0.264 e. The quantitative estimate of drug-likeness (QED) is 0.154. The van der Waals surface area contributed by atoms with Crippen LogP contribution in [0.1, 0.15) is 167 Å². The maximum absolute atomic E-state index is 2.76. The van der Waals surface area contributed by atoms with E-state index in [9.17, 15) is 0 Å². The zero-order valence-corrected chi connectivity index (χ0v) is 52.0. The molecule has 0 fully saturated rings. The molecule has 9 aromatic rings. The van der Waals surface area contributed by atoms with Crippen molar-refractivity contribution in [2.45, 2.75) is 169 Å². The highest BCUT2D eigenvalue weighted by atomic mass is 32.1. The Hall–Kier alpha value is -6.82. The molecule has 0 bridgehead atoms. The summed E-state index contributed by atoms with van der Waals surface area (Å²) in [6, 6.07) is 61.9. The fraction of sp³-hybridized carbons (Fsp3) is 0.342. The summed E-state index contributed by atoms with van der Waals surface area (Å²) in [6.45, 7) is 38.6. The summed E-state index contributed by atoms with van der Waals surface area (Å²) in [5.74, 6) is 0. The third-order valence-electron chi connectivity index (χ3n) is 19.7. The first-order valence-corrected chi connectivity index (χ1v) is 30.9. The van der Waals surface area contributed by atoms with Crippen LogP contribution in [0.2, 0.25) is 0 Å². The van der Waals surface area contributed by atoms with Crippen LogP contribution in [-0.4, -0.2) is 6.71 Å². The minimum absolute atomic E-state index is 0.00871. The largest absolute Gasteiger partial charge is 0.311 e. The predicted molar refractivity (Wildman–Crippen MR) is 353 cm³/mol. The summed E-state index contributed by atoms with van der Waals surface area (Å²) in [4.78, 5) is 7.94. The zero-order valence-electron chi connectivity index (χ0n) is 51.2. The summed E-state index contributed by atoms with van der Waals surface area (Å²) < 4.78 is 2.80. The van der Waals surface area contributed by atoms with Gasteiger partial charge in [-0.05, 0) is 217 Å². The van der Waals surface area contributed by atoms with Gasteiger partial charge in [0.2, 0.25) is 0 Å². The van der Waals surface area contributed by atoms with Gasteiger partial charge in [-0.15, -0.1) is 11.3 Å². The Kier molecular flexibility index (Phi) is 12.1. The van der Waals surface area contributed by atoms with Gasteiger partial charge in [0, 0.05) is 54.7 Å². The van der Waals surface area contributed by atoms with E-state index in [0.29, 0.717) is 0 Å². The Labute approximate surface area is 489 Å². The van der Waals surface area contributed by atoms with Gasteiger partial charge in [-0.3, -0.25) is 0 Å². The van der Waals surface area contributed by atoms with E-state index < -0.39 is 0 Å². The number of aryl methyl sites for hydroxylation is 2. The molecular formula is C76H82BN3S. The molecule has 1 aromatic heterocycles. The molecule has 0 N–H and O–H groups in total. The van der Waals surface area contributed by atoms with E-state index in [2.05, 4.69) is 295 Å². The molecule has 0 spiro atoms. The fourth-order valence-electron chi connectivity index (χ4n) is 14.6. The van der Waals surface area contributed by atoms with Crippen molar-refractivity contribution in [3.05, 3.63) is 202 Å². The van der Waals surface area contributed by atoms with Gasteiger partial charge in [-0.1, -0.05) is 176 Å². The fourth-order valence-corrected chi connectivity index (χ4v) is 15.9. The molecule has 0 radical (unpaired) electrons. The molecule has 8 aromatic carbocycles. The zero-order chi connectivity index (χ0) is 57.1. The first-order chi connectivity index (χ1) is 38.2. The van der Waals surface area contributed by atoms with Crippen LogP contribution < -0.4 is 30.4 Å². The maximum atomic E-state index is 2.76. The molecule has 81 heavy (non-hydrogen) atoms. The van der Waals surface area contributed by atoms with Crippen molar-refractivity contribution in [2.24, 2.45) is 0 Å². The number of rotatable bonds is 6. The highest BCUT2D eigenvalue weighted by molar-refractivity contribution is 7.33. The molecule has 0 amide bonds. The van der Waals surface area contributed by atoms with Gasteiger partial charge in [-0.25, -0.2) is 0 Å². The predicted octanol–water partition coefficient (Wildman–Crippen LogP) is 20.0. The third-order valence-corrected chi connectivity index (χ3v) is 20.9. The van der Waals surface area contributed by atoms with Crippen LogP contribution in [0.15, 0.2) is 158 Å². The van der Waals surface area contributed by atoms with Crippen LogP contribution >= 0.6 is 11.3 Å². The van der Waals surface area contributed by atoms with Crippen molar-refractivity contribution in [2.75, 3.05) is 14.7 Å². The lowest BCUT2D eigenvalue weighted by atomic mass is 9.36. The van der Waals surface area contributed by atoms with Crippen LogP contribution in [0.4, 0.5) is 51.2 Å². The summed E-state index contributed by atoms with van der Waals surface area (Å²) in [6.07, 6.45) is 4.66. The second-order valence-corrected chi connectivity index (χ2v) is 30.4. The molecule has 13 rings (SSSR count). The average Bonchev–Trinajstić information content (AvgIpc) is 2.11. The summed E-state index contributed by atoms with van der Waals surface area (Å²) in [5, 5.41) is 1.36. The number of para-hydroxylation sites is 2. The van der Waals surface area contributed by atoms with Crippen molar-refractivity contribution < 1.29 is 0 Å². The summed E-state index contributed by atoms with van der Waals surface area (Å²) in [7, 11) is 0. The van der Waals surface area contributed by atoms with E-state index in [-0.39, 0.29) is 39.2 Å². The molecule has 3 nitrogen and oxygen atoms in total. The second-order valence-electron chi connectivity index (χ2n) is 29.3. The van der Waals surface area contributed by atoms with Gasteiger partial charge in [0.05, 0.1) is 11.4 Å². The lowest BCUT2D eigenvalue weighted by Crippen LogP contribution is -2.60. The van der Waals surface area contributed by atoms with E-state index in [0.717, 1.165) is 29.9 Å². The van der Waals surface area contributed by atoms with Gasteiger partial charge in [-0.2, -0.15) is 0 Å². The van der Waals surface area contributed by atoms with Gasteiger partial charge in [0.15, 0.2) is 0 Å². The molecule has 410 valence electrons. The third kappa shape index (κ3) is 8.64. The topological polar surface area (TPSA) is 9.72 Å². The van der Waals surface area contributed by atoms with Gasteiger partial charge >= 0.3 is 0 Å².